The van der Waals surface area contributed by atoms with Gasteiger partial charge in [0.2, 0.25) is 0 Å². The first-order valence-corrected chi connectivity index (χ1v) is 6.06. The fraction of sp³-hybridized carbons (Fsp3) is 0. The van der Waals surface area contributed by atoms with Gasteiger partial charge in [0, 0.05) is 16.9 Å². The maximum Gasteiger partial charge on any atom is 0.316 e. The Morgan fingerprint density at radius 1 is 1.00 bits per heavy atom. The summed E-state index contributed by atoms with van der Waals surface area (Å²) >= 11 is 0. The average Bonchev–Trinajstić information content (AvgIpc) is 2.47. The van der Waals surface area contributed by atoms with Crippen molar-refractivity contribution in [1.82, 2.24) is 0 Å². The fourth-order valence-electron chi connectivity index (χ4n) is 1.71. The van der Waals surface area contributed by atoms with E-state index in [0.29, 0.717) is 22.5 Å². The highest BCUT2D eigenvalue weighted by molar-refractivity contribution is 6.05. The smallest absolute Gasteiger partial charge is 0.316 e. The molecule has 6 heteroatoms. The summed E-state index contributed by atoms with van der Waals surface area (Å²) in [4.78, 5) is 22.9. The number of nitrogens with two attached hydrogens (primary N) is 1. The summed E-state index contributed by atoms with van der Waals surface area (Å²) in [5.74, 6) is -0.326. The number of carbonyl (C=O) groups is 2. The van der Waals surface area contributed by atoms with Crippen molar-refractivity contribution < 1.29 is 9.59 Å². The van der Waals surface area contributed by atoms with Crippen LogP contribution in [0.3, 0.4) is 0 Å². The van der Waals surface area contributed by atoms with Gasteiger partial charge < -0.3 is 16.4 Å². The van der Waals surface area contributed by atoms with Crippen molar-refractivity contribution in [2.75, 3.05) is 10.6 Å². The Hall–Kier alpha value is -3.33. The molecule has 2 aromatic rings. The van der Waals surface area contributed by atoms with Crippen LogP contribution in [-0.4, -0.2) is 11.9 Å². The first kappa shape index (κ1) is 14.1. The molecule has 0 unspecified atom stereocenters. The van der Waals surface area contributed by atoms with Crippen molar-refractivity contribution >= 4 is 23.3 Å². The van der Waals surface area contributed by atoms with Crippen LogP contribution in [0.25, 0.3) is 0 Å². The Balaban J connectivity index is 2.12. The van der Waals surface area contributed by atoms with Crippen LogP contribution in [0, 0.1) is 11.3 Å². The molecule has 0 fully saturated rings. The van der Waals surface area contributed by atoms with Crippen LogP contribution in [-0.2, 0) is 0 Å². The zero-order valence-corrected chi connectivity index (χ0v) is 11.0. The van der Waals surface area contributed by atoms with Gasteiger partial charge in [0.15, 0.2) is 0 Å². The second-order valence-corrected chi connectivity index (χ2v) is 4.21. The van der Waals surface area contributed by atoms with E-state index in [4.69, 9.17) is 11.0 Å². The number of carbonyl (C=O) groups excluding carboxylic acids is 2. The van der Waals surface area contributed by atoms with E-state index in [9.17, 15) is 9.59 Å². The topological polar surface area (TPSA) is 108 Å². The van der Waals surface area contributed by atoms with Crippen LogP contribution < -0.4 is 16.4 Å². The van der Waals surface area contributed by atoms with Gasteiger partial charge in [-0.05, 0) is 42.5 Å². The molecule has 0 aliphatic rings. The van der Waals surface area contributed by atoms with Crippen LogP contribution in [0.2, 0.25) is 0 Å². The van der Waals surface area contributed by atoms with Crippen molar-refractivity contribution in [3.05, 3.63) is 59.7 Å². The van der Waals surface area contributed by atoms with E-state index in [0.717, 1.165) is 0 Å². The molecule has 0 radical (unpaired) electrons. The largest absolute Gasteiger partial charge is 0.351 e. The van der Waals surface area contributed by atoms with Crippen LogP contribution in [0.5, 0.6) is 0 Å². The summed E-state index contributed by atoms with van der Waals surface area (Å²) in [6.07, 6.45) is 0. The lowest BCUT2D eigenvalue weighted by Gasteiger charge is -2.07. The molecule has 0 aliphatic carbocycles. The minimum atomic E-state index is -0.695. The standard InChI is InChI=1S/C15H12N4O2/c16-9-10-4-6-12(7-5-10)18-14(20)11-2-1-3-13(8-11)19-15(17)21/h1-8H,(H,18,20)(H3,17,19,21). The number of nitrogens with zero attached hydrogens (tertiary/aromatic N) is 1. The highest BCUT2D eigenvalue weighted by atomic mass is 16.2. The second-order valence-electron chi connectivity index (χ2n) is 4.21. The Bertz CT molecular complexity index is 717. The van der Waals surface area contributed by atoms with Gasteiger partial charge in [-0.1, -0.05) is 6.07 Å². The number of amides is 3. The molecule has 2 aromatic carbocycles. The molecule has 0 aromatic heterocycles. The Kier molecular flexibility index (Phi) is 4.17. The van der Waals surface area contributed by atoms with Crippen molar-refractivity contribution in [2.24, 2.45) is 5.73 Å². The SMILES string of the molecule is N#Cc1ccc(NC(=O)c2cccc(NC(N)=O)c2)cc1. The summed E-state index contributed by atoms with van der Waals surface area (Å²) in [6.45, 7) is 0. The third kappa shape index (κ3) is 3.81. The van der Waals surface area contributed by atoms with Crippen LogP contribution >= 0.6 is 0 Å². The number of benzene rings is 2. The molecule has 104 valence electrons. The maximum absolute atomic E-state index is 12.1. The zero-order valence-electron chi connectivity index (χ0n) is 11.0. The summed E-state index contributed by atoms with van der Waals surface area (Å²) in [7, 11) is 0. The van der Waals surface area contributed by atoms with Crippen molar-refractivity contribution in [1.29, 1.82) is 5.26 Å². The van der Waals surface area contributed by atoms with Gasteiger partial charge >= 0.3 is 6.03 Å². The molecule has 21 heavy (non-hydrogen) atoms. The molecule has 4 N–H and O–H groups in total. The van der Waals surface area contributed by atoms with E-state index in [2.05, 4.69) is 10.6 Å². The lowest BCUT2D eigenvalue weighted by molar-refractivity contribution is 0.102. The monoisotopic (exact) mass is 280 g/mol. The molecule has 6 nitrogen and oxygen atoms in total. The fourth-order valence-corrected chi connectivity index (χ4v) is 1.71. The third-order valence-electron chi connectivity index (χ3n) is 2.66. The number of primary amides is 1. The molecule has 0 heterocycles. The average molecular weight is 280 g/mol. The molecule has 0 atom stereocenters. The predicted molar refractivity (Wildman–Crippen MR) is 78.8 cm³/mol. The van der Waals surface area contributed by atoms with Gasteiger partial charge in [-0.25, -0.2) is 4.79 Å². The Morgan fingerprint density at radius 2 is 1.71 bits per heavy atom. The maximum atomic E-state index is 12.1. The number of urea groups is 1. The summed E-state index contributed by atoms with van der Waals surface area (Å²) < 4.78 is 0. The number of rotatable bonds is 3. The summed E-state index contributed by atoms with van der Waals surface area (Å²) in [6, 6.07) is 14.2. The summed E-state index contributed by atoms with van der Waals surface area (Å²) in [5.41, 5.74) is 6.94. The number of anilines is 2. The van der Waals surface area contributed by atoms with Gasteiger partial charge in [-0.15, -0.1) is 0 Å². The normalized spacial score (nSPS) is 9.48. The zero-order chi connectivity index (χ0) is 15.2. The van der Waals surface area contributed by atoms with E-state index >= 15 is 0 Å². The second kappa shape index (κ2) is 6.21. The first-order valence-electron chi connectivity index (χ1n) is 6.06. The summed E-state index contributed by atoms with van der Waals surface area (Å²) in [5, 5.41) is 13.8. The molecule has 0 saturated carbocycles. The number of hydrogen-bond donors (Lipinski definition) is 3. The predicted octanol–water partition coefficient (Wildman–Crippen LogP) is 2.30. The quantitative estimate of drug-likeness (QED) is 0.802. The van der Waals surface area contributed by atoms with Gasteiger partial charge in [-0.2, -0.15) is 5.26 Å². The molecule has 0 aliphatic heterocycles. The third-order valence-corrected chi connectivity index (χ3v) is 2.66. The van der Waals surface area contributed by atoms with Crippen LogP contribution in [0.4, 0.5) is 16.2 Å². The highest BCUT2D eigenvalue weighted by Crippen LogP contribution is 2.14. The molecule has 3 amide bonds. The molecular weight excluding hydrogens is 268 g/mol. The Labute approximate surface area is 121 Å². The van der Waals surface area contributed by atoms with E-state index in [1.807, 2.05) is 6.07 Å². The van der Waals surface area contributed by atoms with E-state index in [1.54, 1.807) is 42.5 Å². The molecular formula is C15H12N4O2. The molecule has 2 rings (SSSR count). The van der Waals surface area contributed by atoms with Crippen LogP contribution in [0.1, 0.15) is 15.9 Å². The van der Waals surface area contributed by atoms with Crippen molar-refractivity contribution in [2.45, 2.75) is 0 Å². The van der Waals surface area contributed by atoms with E-state index in [1.165, 1.54) is 6.07 Å². The van der Waals surface area contributed by atoms with Crippen molar-refractivity contribution in [3.8, 4) is 6.07 Å². The van der Waals surface area contributed by atoms with Crippen molar-refractivity contribution in [3.63, 3.8) is 0 Å². The van der Waals surface area contributed by atoms with Gasteiger partial charge in [0.25, 0.3) is 5.91 Å². The van der Waals surface area contributed by atoms with Gasteiger partial charge in [-0.3, -0.25) is 4.79 Å². The van der Waals surface area contributed by atoms with E-state index < -0.39 is 6.03 Å². The number of hydrogen-bond acceptors (Lipinski definition) is 3. The lowest BCUT2D eigenvalue weighted by atomic mass is 10.1. The van der Waals surface area contributed by atoms with Crippen LogP contribution in [0.15, 0.2) is 48.5 Å². The highest BCUT2D eigenvalue weighted by Gasteiger charge is 2.07. The number of nitrogens with one attached hydrogen (secondary N) is 2. The Morgan fingerprint density at radius 3 is 2.33 bits per heavy atom. The molecule has 0 spiro atoms. The lowest BCUT2D eigenvalue weighted by Crippen LogP contribution is -2.19. The molecule has 0 saturated heterocycles. The van der Waals surface area contributed by atoms with Gasteiger partial charge in [0.1, 0.15) is 0 Å². The minimum Gasteiger partial charge on any atom is -0.351 e. The number of nitriles is 1. The van der Waals surface area contributed by atoms with Gasteiger partial charge in [0.05, 0.1) is 11.6 Å². The first-order chi connectivity index (χ1) is 10.1. The minimum absolute atomic E-state index is 0.326. The molecule has 0 bridgehead atoms. The van der Waals surface area contributed by atoms with E-state index in [-0.39, 0.29) is 5.91 Å².